The first-order valence-electron chi connectivity index (χ1n) is 11.0. The highest BCUT2D eigenvalue weighted by Gasteiger charge is 2.20. The van der Waals surface area contributed by atoms with E-state index in [1.165, 1.54) is 11.1 Å². The van der Waals surface area contributed by atoms with E-state index in [0.717, 1.165) is 56.0 Å². The highest BCUT2D eigenvalue weighted by Crippen LogP contribution is 2.34. The van der Waals surface area contributed by atoms with Gasteiger partial charge in [-0.05, 0) is 73.7 Å². The number of methoxy groups -OCH3 is 4. The number of aryl methyl sites for hydroxylation is 1. The maximum Gasteiger partial charge on any atom is 0.255 e. The number of nitrogens with one attached hydrogen (secondary N) is 1. The summed E-state index contributed by atoms with van der Waals surface area (Å²) in [5.41, 5.74) is 4.07. The molecule has 1 aliphatic rings. The Labute approximate surface area is 190 Å². The Balaban J connectivity index is 1.48. The van der Waals surface area contributed by atoms with Gasteiger partial charge in [-0.25, -0.2) is 0 Å². The minimum Gasteiger partial charge on any atom is -0.493 e. The Morgan fingerprint density at radius 1 is 0.906 bits per heavy atom. The monoisotopic (exact) mass is 441 g/mol. The van der Waals surface area contributed by atoms with E-state index in [1.807, 2.05) is 19.1 Å². The number of unbranched alkanes of at least 4 members (excludes halogenated alkanes) is 1. The molecule has 0 spiro atoms. The Morgan fingerprint density at radius 2 is 1.59 bits per heavy atom. The molecule has 2 aromatic rings. The number of nitrogens with zero attached hydrogens (tertiary/aromatic N) is 1. The van der Waals surface area contributed by atoms with Crippen LogP contribution in [0.3, 0.4) is 0 Å². The lowest BCUT2D eigenvalue weighted by atomic mass is 9.98. The minimum atomic E-state index is -0.142. The zero-order valence-corrected chi connectivity index (χ0v) is 19.7. The highest BCUT2D eigenvalue weighted by atomic mass is 16.5. The molecule has 174 valence electrons. The van der Waals surface area contributed by atoms with Crippen LogP contribution in [0.5, 0.6) is 23.0 Å². The molecule has 0 fully saturated rings. The van der Waals surface area contributed by atoms with Crippen LogP contribution in [0.4, 0.5) is 0 Å². The first kappa shape index (κ1) is 23.7. The Morgan fingerprint density at radius 3 is 2.25 bits per heavy atom. The third-order valence-corrected chi connectivity index (χ3v) is 5.85. The second kappa shape index (κ2) is 11.1. The van der Waals surface area contributed by atoms with E-state index < -0.39 is 0 Å². The van der Waals surface area contributed by atoms with Gasteiger partial charge in [-0.3, -0.25) is 9.69 Å². The number of carbonyl (C=O) groups excluding carboxylic acids is 1. The smallest absolute Gasteiger partial charge is 0.255 e. The van der Waals surface area contributed by atoms with E-state index in [9.17, 15) is 4.79 Å². The molecule has 1 heterocycles. The van der Waals surface area contributed by atoms with Gasteiger partial charge in [-0.1, -0.05) is 0 Å². The molecule has 0 saturated heterocycles. The summed E-state index contributed by atoms with van der Waals surface area (Å²) in [6, 6.07) is 7.86. The van der Waals surface area contributed by atoms with Crippen LogP contribution < -0.4 is 24.3 Å². The molecule has 1 N–H and O–H groups in total. The third kappa shape index (κ3) is 5.46. The zero-order chi connectivity index (χ0) is 23.1. The standard InChI is InChI=1S/C25H34N2O5/c1-17-12-20(24(32-5)23(13-17)31-4)25(28)26-9-6-7-10-27-11-8-18-14-21(29-2)22(30-3)15-19(18)16-27/h12-15H,6-11,16H2,1-5H3,(H,26,28)/i5-1. The van der Waals surface area contributed by atoms with E-state index >= 15 is 0 Å². The van der Waals surface area contributed by atoms with Crippen LogP contribution in [0.1, 0.15) is 39.9 Å². The summed E-state index contributed by atoms with van der Waals surface area (Å²) in [5, 5.41) is 3.01. The predicted octanol–water partition coefficient (Wildman–Crippen LogP) is 3.60. The van der Waals surface area contributed by atoms with Crippen molar-refractivity contribution in [1.82, 2.24) is 10.2 Å². The van der Waals surface area contributed by atoms with Crippen LogP contribution >= 0.6 is 0 Å². The van der Waals surface area contributed by atoms with E-state index in [-0.39, 0.29) is 5.91 Å². The van der Waals surface area contributed by atoms with Gasteiger partial charge >= 0.3 is 0 Å². The maximum atomic E-state index is 12.7. The number of rotatable bonds is 10. The van der Waals surface area contributed by atoms with Crippen LogP contribution in [-0.2, 0) is 13.0 Å². The van der Waals surface area contributed by atoms with Crippen molar-refractivity contribution in [2.24, 2.45) is 0 Å². The van der Waals surface area contributed by atoms with E-state index in [4.69, 9.17) is 18.9 Å². The van der Waals surface area contributed by atoms with Gasteiger partial charge in [-0.15, -0.1) is 0 Å². The molecule has 0 aromatic heterocycles. The molecule has 0 aliphatic carbocycles. The fourth-order valence-electron chi connectivity index (χ4n) is 4.16. The summed E-state index contributed by atoms with van der Waals surface area (Å²) in [4.78, 5) is 15.1. The summed E-state index contributed by atoms with van der Waals surface area (Å²) in [7, 11) is 6.46. The third-order valence-electron chi connectivity index (χ3n) is 5.85. The molecule has 0 atom stereocenters. The molecule has 7 heteroatoms. The predicted molar refractivity (Wildman–Crippen MR) is 124 cm³/mol. The average molecular weight is 442 g/mol. The molecular weight excluding hydrogens is 407 g/mol. The molecule has 3 rings (SSSR count). The number of ether oxygens (including phenoxy) is 4. The molecular formula is C25H34N2O5. The lowest BCUT2D eigenvalue weighted by Gasteiger charge is -2.29. The van der Waals surface area contributed by atoms with Gasteiger partial charge in [0.2, 0.25) is 0 Å². The zero-order valence-electron chi connectivity index (χ0n) is 19.7. The van der Waals surface area contributed by atoms with E-state index in [2.05, 4.69) is 22.3 Å². The lowest BCUT2D eigenvalue weighted by Crippen LogP contribution is -2.32. The van der Waals surface area contributed by atoms with Crippen molar-refractivity contribution in [3.63, 3.8) is 0 Å². The lowest BCUT2D eigenvalue weighted by molar-refractivity contribution is 0.0948. The first-order valence-corrected chi connectivity index (χ1v) is 11.0. The molecule has 0 saturated carbocycles. The van der Waals surface area contributed by atoms with Crippen molar-refractivity contribution in [2.45, 2.75) is 32.7 Å². The molecule has 0 radical (unpaired) electrons. The van der Waals surface area contributed by atoms with Gasteiger partial charge in [0.25, 0.3) is 5.91 Å². The molecule has 0 bridgehead atoms. The summed E-state index contributed by atoms with van der Waals surface area (Å²) in [5.74, 6) is 2.46. The summed E-state index contributed by atoms with van der Waals surface area (Å²) >= 11 is 0. The summed E-state index contributed by atoms with van der Waals surface area (Å²) in [6.07, 6.45) is 2.92. The van der Waals surface area contributed by atoms with Gasteiger partial charge in [0.15, 0.2) is 23.0 Å². The van der Waals surface area contributed by atoms with Gasteiger partial charge < -0.3 is 24.3 Å². The number of carbonyl (C=O) groups is 1. The van der Waals surface area contributed by atoms with Gasteiger partial charge in [0.05, 0.1) is 34.0 Å². The second-order valence-corrected chi connectivity index (χ2v) is 8.01. The highest BCUT2D eigenvalue weighted by molar-refractivity contribution is 5.98. The summed E-state index contributed by atoms with van der Waals surface area (Å²) < 4.78 is 21.6. The summed E-state index contributed by atoms with van der Waals surface area (Å²) in [6.45, 7) is 5.47. The quantitative estimate of drug-likeness (QED) is 0.568. The minimum absolute atomic E-state index is 0.142. The average Bonchev–Trinajstić information content (AvgIpc) is 2.81. The van der Waals surface area contributed by atoms with Gasteiger partial charge in [0.1, 0.15) is 0 Å². The van der Waals surface area contributed by atoms with Gasteiger partial charge in [0, 0.05) is 19.6 Å². The molecule has 2 aromatic carbocycles. The molecule has 1 aliphatic heterocycles. The van der Waals surface area contributed by atoms with Crippen molar-refractivity contribution in [3.05, 3.63) is 46.5 Å². The SMILES string of the molecule is COc1cc2c(cc1OC)CN(CCCCNC(=O)c1cc(C)cc(OC)c1O[11CH3])CC2. The number of hydrogen-bond donors (Lipinski definition) is 1. The van der Waals surface area contributed by atoms with Crippen molar-refractivity contribution in [3.8, 4) is 23.0 Å². The van der Waals surface area contributed by atoms with Crippen molar-refractivity contribution in [2.75, 3.05) is 48.1 Å². The van der Waals surface area contributed by atoms with Crippen molar-refractivity contribution in [1.29, 1.82) is 0 Å². The van der Waals surface area contributed by atoms with Crippen LogP contribution in [0.25, 0.3) is 0 Å². The van der Waals surface area contributed by atoms with Crippen molar-refractivity contribution < 1.29 is 23.7 Å². The maximum absolute atomic E-state index is 12.7. The number of benzene rings is 2. The number of fused-ring (bicyclic) bond motifs is 1. The van der Waals surface area contributed by atoms with Crippen LogP contribution in [-0.4, -0.2) is 58.9 Å². The number of hydrogen-bond acceptors (Lipinski definition) is 6. The molecule has 7 nitrogen and oxygen atoms in total. The normalized spacial score (nSPS) is 13.3. The topological polar surface area (TPSA) is 69.3 Å². The Kier molecular flexibility index (Phi) is 8.22. The Bertz CT molecular complexity index is 944. The Hall–Kier alpha value is -2.93. The largest absolute Gasteiger partial charge is 0.493 e. The first-order chi connectivity index (χ1) is 15.5. The molecule has 32 heavy (non-hydrogen) atoms. The molecule has 0 unspecified atom stereocenters. The van der Waals surface area contributed by atoms with Gasteiger partial charge in [-0.2, -0.15) is 0 Å². The van der Waals surface area contributed by atoms with Crippen molar-refractivity contribution >= 4 is 5.91 Å². The fourth-order valence-corrected chi connectivity index (χ4v) is 4.16. The van der Waals surface area contributed by atoms with Crippen LogP contribution in [0.15, 0.2) is 24.3 Å². The van der Waals surface area contributed by atoms with Crippen LogP contribution in [0, 0.1) is 6.92 Å². The molecule has 1 amide bonds. The van der Waals surface area contributed by atoms with E-state index in [1.54, 1.807) is 28.4 Å². The second-order valence-electron chi connectivity index (χ2n) is 8.01. The van der Waals surface area contributed by atoms with E-state index in [0.29, 0.717) is 23.6 Å². The fraction of sp³-hybridized carbons (Fsp3) is 0.480. The van der Waals surface area contributed by atoms with Crippen LogP contribution in [0.2, 0.25) is 0 Å². The number of amides is 1.